The summed E-state index contributed by atoms with van der Waals surface area (Å²) >= 11 is 5.76. The van der Waals surface area contributed by atoms with Gasteiger partial charge in [-0.2, -0.15) is 0 Å². The summed E-state index contributed by atoms with van der Waals surface area (Å²) < 4.78 is 5.08. The van der Waals surface area contributed by atoms with E-state index in [0.29, 0.717) is 5.02 Å². The highest BCUT2D eigenvalue weighted by Crippen LogP contribution is 2.14. The summed E-state index contributed by atoms with van der Waals surface area (Å²) in [5.74, 6) is -1.84. The third-order valence-electron chi connectivity index (χ3n) is 3.02. The van der Waals surface area contributed by atoms with Gasteiger partial charge in [-0.1, -0.05) is 23.7 Å². The van der Waals surface area contributed by atoms with Gasteiger partial charge in [-0.3, -0.25) is 9.59 Å². The molecule has 1 aromatic carbocycles. The highest BCUT2D eigenvalue weighted by molar-refractivity contribution is 6.30. The number of carboxylic acids is 1. The Bertz CT molecular complexity index is 474. The lowest BCUT2D eigenvalue weighted by atomic mass is 10.0. The van der Waals surface area contributed by atoms with Gasteiger partial charge in [0.1, 0.15) is 5.92 Å². The van der Waals surface area contributed by atoms with Crippen molar-refractivity contribution in [3.63, 3.8) is 0 Å². The van der Waals surface area contributed by atoms with Crippen molar-refractivity contribution in [2.75, 3.05) is 13.2 Å². The topological polar surface area (TPSA) is 75.6 Å². The van der Waals surface area contributed by atoms with Gasteiger partial charge in [0, 0.05) is 5.02 Å². The predicted octanol–water partition coefficient (Wildman–Crippen LogP) is 1.10. The molecule has 0 radical (unpaired) electrons. The van der Waals surface area contributed by atoms with Crippen LogP contribution in [0.3, 0.4) is 0 Å². The molecular formula is C13H14ClNO4. The van der Waals surface area contributed by atoms with Crippen LogP contribution in [0, 0.1) is 5.92 Å². The number of rotatable bonds is 4. The molecule has 0 aromatic heterocycles. The largest absolute Gasteiger partial charge is 0.481 e. The lowest BCUT2D eigenvalue weighted by Gasteiger charge is -2.15. The van der Waals surface area contributed by atoms with Crippen LogP contribution in [0.2, 0.25) is 5.02 Å². The zero-order valence-electron chi connectivity index (χ0n) is 10.1. The minimum Gasteiger partial charge on any atom is -0.481 e. The van der Waals surface area contributed by atoms with Gasteiger partial charge in [-0.05, 0) is 17.7 Å². The number of halogens is 1. The molecule has 1 heterocycles. The quantitative estimate of drug-likeness (QED) is 0.868. The third-order valence-corrected chi connectivity index (χ3v) is 3.27. The molecule has 2 unspecified atom stereocenters. The second-order valence-corrected chi connectivity index (χ2v) is 4.90. The van der Waals surface area contributed by atoms with E-state index in [9.17, 15) is 9.59 Å². The number of hydrogen-bond donors (Lipinski definition) is 2. The van der Waals surface area contributed by atoms with Crippen molar-refractivity contribution in [1.29, 1.82) is 0 Å². The first-order chi connectivity index (χ1) is 9.06. The van der Waals surface area contributed by atoms with E-state index in [1.54, 1.807) is 24.3 Å². The number of ether oxygens (including phenoxy) is 1. The van der Waals surface area contributed by atoms with Crippen molar-refractivity contribution < 1.29 is 19.4 Å². The normalized spacial score (nSPS) is 22.2. The Kier molecular flexibility index (Phi) is 4.39. The first kappa shape index (κ1) is 13.8. The Morgan fingerprint density at radius 3 is 2.63 bits per heavy atom. The van der Waals surface area contributed by atoms with Crippen LogP contribution in [-0.2, 0) is 20.7 Å². The van der Waals surface area contributed by atoms with Crippen molar-refractivity contribution in [1.82, 2.24) is 5.32 Å². The van der Waals surface area contributed by atoms with E-state index < -0.39 is 17.9 Å². The maximum Gasteiger partial charge on any atom is 0.311 e. The van der Waals surface area contributed by atoms with Gasteiger partial charge in [0.15, 0.2) is 0 Å². The molecule has 1 aromatic rings. The van der Waals surface area contributed by atoms with Crippen LogP contribution in [0.4, 0.5) is 0 Å². The van der Waals surface area contributed by atoms with Crippen molar-refractivity contribution in [3.05, 3.63) is 34.9 Å². The average Bonchev–Trinajstić information content (AvgIpc) is 2.80. The van der Waals surface area contributed by atoms with E-state index in [1.165, 1.54) is 0 Å². The lowest BCUT2D eigenvalue weighted by molar-refractivity contribution is -0.142. The van der Waals surface area contributed by atoms with Gasteiger partial charge in [0.05, 0.1) is 25.7 Å². The summed E-state index contributed by atoms with van der Waals surface area (Å²) in [6.07, 6.45) is 0.194. The van der Waals surface area contributed by atoms with Crippen LogP contribution in [0.15, 0.2) is 24.3 Å². The van der Waals surface area contributed by atoms with Gasteiger partial charge >= 0.3 is 5.97 Å². The number of aliphatic carboxylic acids is 1. The minimum atomic E-state index is -0.950. The number of carbonyl (C=O) groups excluding carboxylic acids is 1. The van der Waals surface area contributed by atoms with Gasteiger partial charge in [-0.25, -0.2) is 0 Å². The molecule has 2 N–H and O–H groups in total. The summed E-state index contributed by atoms with van der Waals surface area (Å²) in [7, 11) is 0. The average molecular weight is 284 g/mol. The van der Waals surface area contributed by atoms with E-state index in [0.717, 1.165) is 5.56 Å². The SMILES string of the molecule is O=C(Cc1ccc(Cl)cc1)NC1COCC1C(=O)O. The highest BCUT2D eigenvalue weighted by Gasteiger charge is 2.34. The zero-order valence-corrected chi connectivity index (χ0v) is 10.9. The molecule has 1 saturated heterocycles. The Hall–Kier alpha value is -1.59. The number of nitrogens with one attached hydrogen (secondary N) is 1. The van der Waals surface area contributed by atoms with Crippen molar-refractivity contribution in [2.45, 2.75) is 12.5 Å². The summed E-state index contributed by atoms with van der Waals surface area (Å²) in [4.78, 5) is 22.8. The van der Waals surface area contributed by atoms with Gasteiger partial charge in [0.2, 0.25) is 5.91 Å². The molecule has 0 bridgehead atoms. The van der Waals surface area contributed by atoms with Gasteiger partial charge in [0.25, 0.3) is 0 Å². The molecule has 19 heavy (non-hydrogen) atoms. The van der Waals surface area contributed by atoms with Crippen LogP contribution in [-0.4, -0.2) is 36.2 Å². The molecule has 5 nitrogen and oxygen atoms in total. The van der Waals surface area contributed by atoms with Crippen LogP contribution >= 0.6 is 11.6 Å². The molecule has 2 rings (SSSR count). The Morgan fingerprint density at radius 1 is 1.32 bits per heavy atom. The summed E-state index contributed by atoms with van der Waals surface area (Å²) in [5.41, 5.74) is 0.827. The number of benzene rings is 1. The summed E-state index contributed by atoms with van der Waals surface area (Å²) in [5, 5.41) is 12.3. The van der Waals surface area contributed by atoms with Crippen molar-refractivity contribution in [2.24, 2.45) is 5.92 Å². The van der Waals surface area contributed by atoms with Crippen LogP contribution in [0.25, 0.3) is 0 Å². The number of carboxylic acid groups (broad SMARTS) is 1. The first-order valence-electron chi connectivity index (χ1n) is 5.90. The molecule has 1 fully saturated rings. The minimum absolute atomic E-state index is 0.140. The molecule has 0 spiro atoms. The molecule has 0 aliphatic carbocycles. The number of hydrogen-bond acceptors (Lipinski definition) is 3. The molecule has 1 aliphatic rings. The fraction of sp³-hybridized carbons (Fsp3) is 0.385. The van der Waals surface area contributed by atoms with E-state index in [-0.39, 0.29) is 25.5 Å². The van der Waals surface area contributed by atoms with Crippen molar-refractivity contribution >= 4 is 23.5 Å². The van der Waals surface area contributed by atoms with Gasteiger partial charge in [-0.15, -0.1) is 0 Å². The van der Waals surface area contributed by atoms with Crippen molar-refractivity contribution in [3.8, 4) is 0 Å². The highest BCUT2D eigenvalue weighted by atomic mass is 35.5. The lowest BCUT2D eigenvalue weighted by Crippen LogP contribution is -2.43. The zero-order chi connectivity index (χ0) is 13.8. The van der Waals surface area contributed by atoms with Crippen LogP contribution in [0.1, 0.15) is 5.56 Å². The second kappa shape index (κ2) is 6.04. The monoisotopic (exact) mass is 283 g/mol. The summed E-state index contributed by atoms with van der Waals surface area (Å²) in [6, 6.07) is 6.49. The molecule has 102 valence electrons. The fourth-order valence-corrected chi connectivity index (χ4v) is 2.11. The van der Waals surface area contributed by atoms with Crippen LogP contribution in [0.5, 0.6) is 0 Å². The Morgan fingerprint density at radius 2 is 2.00 bits per heavy atom. The molecule has 1 amide bonds. The van der Waals surface area contributed by atoms with Crippen LogP contribution < -0.4 is 5.32 Å². The second-order valence-electron chi connectivity index (χ2n) is 4.46. The number of amides is 1. The molecule has 6 heteroatoms. The third kappa shape index (κ3) is 3.68. The number of carbonyl (C=O) groups is 2. The fourth-order valence-electron chi connectivity index (χ4n) is 1.99. The molecular weight excluding hydrogens is 270 g/mol. The van der Waals surface area contributed by atoms with E-state index >= 15 is 0 Å². The maximum absolute atomic E-state index is 11.8. The standard InChI is InChI=1S/C13H14ClNO4/c14-9-3-1-8(2-4-9)5-12(16)15-11-7-19-6-10(11)13(17)18/h1-4,10-11H,5-7H2,(H,15,16)(H,17,18). The molecule has 1 aliphatic heterocycles. The van der Waals surface area contributed by atoms with Gasteiger partial charge < -0.3 is 15.2 Å². The predicted molar refractivity (Wildman–Crippen MR) is 69.0 cm³/mol. The smallest absolute Gasteiger partial charge is 0.311 e. The Labute approximate surface area is 115 Å². The maximum atomic E-state index is 11.8. The van der Waals surface area contributed by atoms with E-state index in [1.807, 2.05) is 0 Å². The molecule has 0 saturated carbocycles. The Balaban J connectivity index is 1.90. The van der Waals surface area contributed by atoms with E-state index in [2.05, 4.69) is 5.32 Å². The van der Waals surface area contributed by atoms with E-state index in [4.69, 9.17) is 21.4 Å². The summed E-state index contributed by atoms with van der Waals surface area (Å²) in [6.45, 7) is 0.380. The molecule has 2 atom stereocenters. The first-order valence-corrected chi connectivity index (χ1v) is 6.28.